The van der Waals surface area contributed by atoms with Crippen molar-refractivity contribution in [1.29, 1.82) is 0 Å². The Morgan fingerprint density at radius 3 is 2.56 bits per heavy atom. The molecule has 2 atom stereocenters. The van der Waals surface area contributed by atoms with Gasteiger partial charge in [0.15, 0.2) is 5.96 Å². The predicted molar refractivity (Wildman–Crippen MR) is 96.3 cm³/mol. The fraction of sp³-hybridized carbons (Fsp3) is 0.667. The summed E-state index contributed by atoms with van der Waals surface area (Å²) < 4.78 is 0. The van der Waals surface area contributed by atoms with Gasteiger partial charge in [-0.3, -0.25) is 19.4 Å². The quantitative estimate of drug-likeness (QED) is 0.127. The fourth-order valence-electron chi connectivity index (χ4n) is 2.75. The van der Waals surface area contributed by atoms with Crippen LogP contribution < -0.4 is 27.8 Å². The van der Waals surface area contributed by atoms with E-state index in [1.165, 1.54) is 4.90 Å². The van der Waals surface area contributed by atoms with Crippen molar-refractivity contribution in [2.75, 3.05) is 26.2 Å². The molecule has 2 unspecified atom stereocenters. The Bertz CT molecular complexity index is 591. The molecule has 1 rings (SSSR count). The van der Waals surface area contributed by atoms with Crippen LogP contribution in [0.3, 0.4) is 0 Å². The van der Waals surface area contributed by atoms with E-state index < -0.39 is 36.4 Å². The maximum absolute atomic E-state index is 12.2. The minimum atomic E-state index is -1.20. The molecule has 0 aromatic rings. The van der Waals surface area contributed by atoms with Crippen molar-refractivity contribution in [3.63, 3.8) is 0 Å². The van der Waals surface area contributed by atoms with Crippen molar-refractivity contribution in [2.45, 2.75) is 37.8 Å². The molecule has 9 N–H and O–H groups in total. The van der Waals surface area contributed by atoms with Crippen LogP contribution in [-0.4, -0.2) is 77.9 Å². The molecule has 152 valence electrons. The van der Waals surface area contributed by atoms with E-state index in [1.54, 1.807) is 0 Å². The lowest BCUT2D eigenvalue weighted by atomic mass is 10.1. The molecule has 1 heterocycles. The van der Waals surface area contributed by atoms with Crippen LogP contribution in [0, 0.1) is 0 Å². The summed E-state index contributed by atoms with van der Waals surface area (Å²) in [6, 6.07) is -1.78. The van der Waals surface area contributed by atoms with E-state index in [0.29, 0.717) is 25.8 Å². The molecule has 3 amide bonds. The molecule has 0 spiro atoms. The number of aliphatic imine (C=N–C) groups is 1. The van der Waals surface area contributed by atoms with Crippen LogP contribution in [0.15, 0.2) is 4.99 Å². The van der Waals surface area contributed by atoms with Crippen molar-refractivity contribution in [1.82, 2.24) is 15.5 Å². The molecule has 0 saturated carbocycles. The van der Waals surface area contributed by atoms with E-state index in [0.717, 1.165) is 0 Å². The highest BCUT2D eigenvalue weighted by Gasteiger charge is 2.33. The molecule has 1 aliphatic rings. The summed E-state index contributed by atoms with van der Waals surface area (Å²) in [6.45, 7) is 0.102. The normalized spacial score (nSPS) is 17.1. The highest BCUT2D eigenvalue weighted by atomic mass is 16.4. The minimum Gasteiger partial charge on any atom is -0.480 e. The maximum Gasteiger partial charge on any atom is 0.326 e. The van der Waals surface area contributed by atoms with E-state index >= 15 is 0 Å². The van der Waals surface area contributed by atoms with Crippen LogP contribution in [0.2, 0.25) is 0 Å². The monoisotopic (exact) mass is 385 g/mol. The predicted octanol–water partition coefficient (Wildman–Crippen LogP) is -3.32. The second kappa shape index (κ2) is 11.0. The molecule has 0 aromatic carbocycles. The van der Waals surface area contributed by atoms with Crippen molar-refractivity contribution in [2.24, 2.45) is 22.2 Å². The molecule has 0 aromatic heterocycles. The molecule has 12 heteroatoms. The number of nitrogens with one attached hydrogen (secondary N) is 2. The first-order valence-corrected chi connectivity index (χ1v) is 8.61. The van der Waals surface area contributed by atoms with Crippen LogP contribution >= 0.6 is 0 Å². The van der Waals surface area contributed by atoms with Gasteiger partial charge >= 0.3 is 5.97 Å². The van der Waals surface area contributed by atoms with Gasteiger partial charge in [0.2, 0.25) is 17.7 Å². The lowest BCUT2D eigenvalue weighted by Crippen LogP contribution is -2.51. The molecule has 1 aliphatic heterocycles. The number of carbonyl (C=O) groups is 4. The SMILES string of the molecule is NCC(=O)N1CCCC1C(=O)NCC(=O)NC(CCCN=C(N)N)C(=O)O. The smallest absolute Gasteiger partial charge is 0.326 e. The van der Waals surface area contributed by atoms with Gasteiger partial charge in [0.1, 0.15) is 12.1 Å². The zero-order valence-electron chi connectivity index (χ0n) is 15.0. The number of hydrogen-bond donors (Lipinski definition) is 6. The van der Waals surface area contributed by atoms with Gasteiger partial charge in [-0.25, -0.2) is 4.79 Å². The van der Waals surface area contributed by atoms with Crippen LogP contribution in [0.1, 0.15) is 25.7 Å². The third-order valence-electron chi connectivity index (χ3n) is 4.05. The number of carbonyl (C=O) groups excluding carboxylic acids is 3. The van der Waals surface area contributed by atoms with Crippen LogP contribution in [0.25, 0.3) is 0 Å². The average molecular weight is 385 g/mol. The van der Waals surface area contributed by atoms with Gasteiger partial charge in [-0.05, 0) is 25.7 Å². The highest BCUT2D eigenvalue weighted by Crippen LogP contribution is 2.17. The first-order valence-electron chi connectivity index (χ1n) is 8.61. The first-order chi connectivity index (χ1) is 12.8. The fourth-order valence-corrected chi connectivity index (χ4v) is 2.75. The standard InChI is InChI=1S/C15H27N7O5/c16-7-12(24)22-6-2-4-10(22)13(25)20-8-11(23)21-9(14(26)27)3-1-5-19-15(17)18/h9-10H,1-8,16H2,(H,20,25)(H,21,23)(H,26,27)(H4,17,18,19). The Morgan fingerprint density at radius 2 is 1.96 bits per heavy atom. The van der Waals surface area contributed by atoms with Gasteiger partial charge in [0.25, 0.3) is 0 Å². The second-order valence-electron chi connectivity index (χ2n) is 6.07. The van der Waals surface area contributed by atoms with Gasteiger partial charge in [0.05, 0.1) is 13.1 Å². The molecular formula is C15H27N7O5. The van der Waals surface area contributed by atoms with Gasteiger partial charge in [-0.1, -0.05) is 0 Å². The molecule has 0 radical (unpaired) electrons. The maximum atomic E-state index is 12.2. The van der Waals surface area contributed by atoms with E-state index in [1.807, 2.05) is 0 Å². The van der Waals surface area contributed by atoms with Crippen molar-refractivity contribution in [3.8, 4) is 0 Å². The number of guanidine groups is 1. The summed E-state index contributed by atoms with van der Waals surface area (Å²) in [7, 11) is 0. The third kappa shape index (κ3) is 7.48. The van der Waals surface area contributed by atoms with Crippen LogP contribution in [0.5, 0.6) is 0 Å². The summed E-state index contributed by atoms with van der Waals surface area (Å²) in [4.78, 5) is 52.2. The summed E-state index contributed by atoms with van der Waals surface area (Å²) in [5.41, 5.74) is 15.7. The average Bonchev–Trinajstić information content (AvgIpc) is 3.10. The summed E-state index contributed by atoms with van der Waals surface area (Å²) in [5, 5.41) is 13.9. The zero-order valence-corrected chi connectivity index (χ0v) is 15.0. The van der Waals surface area contributed by atoms with Gasteiger partial charge < -0.3 is 37.8 Å². The number of nitrogens with two attached hydrogens (primary N) is 3. The molecular weight excluding hydrogens is 358 g/mol. The van der Waals surface area contributed by atoms with Crippen molar-refractivity contribution >= 4 is 29.7 Å². The molecule has 0 aliphatic carbocycles. The largest absolute Gasteiger partial charge is 0.480 e. The number of aliphatic carboxylic acids is 1. The van der Waals surface area contributed by atoms with Crippen molar-refractivity contribution < 1.29 is 24.3 Å². The van der Waals surface area contributed by atoms with Gasteiger partial charge in [-0.2, -0.15) is 0 Å². The van der Waals surface area contributed by atoms with E-state index in [9.17, 15) is 19.2 Å². The first kappa shape index (κ1) is 22.2. The number of nitrogens with zero attached hydrogens (tertiary/aromatic N) is 2. The minimum absolute atomic E-state index is 0.0947. The Labute approximate surface area is 156 Å². The Kier molecular flexibility index (Phi) is 8.99. The van der Waals surface area contributed by atoms with E-state index in [4.69, 9.17) is 22.3 Å². The topological polar surface area (TPSA) is 206 Å². The molecule has 27 heavy (non-hydrogen) atoms. The molecule has 0 bridgehead atoms. The Balaban J connectivity index is 2.45. The lowest BCUT2D eigenvalue weighted by Gasteiger charge is -2.23. The Morgan fingerprint density at radius 1 is 1.26 bits per heavy atom. The number of rotatable bonds is 10. The number of carboxylic acids is 1. The third-order valence-corrected chi connectivity index (χ3v) is 4.05. The van der Waals surface area contributed by atoms with E-state index in [-0.39, 0.29) is 31.4 Å². The summed E-state index contributed by atoms with van der Waals surface area (Å²) in [5.74, 6) is -2.74. The number of amides is 3. The Hall–Kier alpha value is -2.89. The summed E-state index contributed by atoms with van der Waals surface area (Å²) in [6.07, 6.45) is 1.65. The number of hydrogen-bond acceptors (Lipinski definition) is 6. The number of likely N-dealkylation sites (tertiary alicyclic amines) is 1. The number of carboxylic acid groups (broad SMARTS) is 1. The molecule has 1 fully saturated rings. The molecule has 12 nitrogen and oxygen atoms in total. The van der Waals surface area contributed by atoms with Gasteiger partial charge in [-0.15, -0.1) is 0 Å². The highest BCUT2D eigenvalue weighted by molar-refractivity contribution is 5.92. The van der Waals surface area contributed by atoms with Crippen molar-refractivity contribution in [3.05, 3.63) is 0 Å². The lowest BCUT2D eigenvalue weighted by molar-refractivity contribution is -0.142. The van der Waals surface area contributed by atoms with Crippen LogP contribution in [-0.2, 0) is 19.2 Å². The summed E-state index contributed by atoms with van der Waals surface area (Å²) >= 11 is 0. The van der Waals surface area contributed by atoms with E-state index in [2.05, 4.69) is 15.6 Å². The second-order valence-corrected chi connectivity index (χ2v) is 6.07. The van der Waals surface area contributed by atoms with Gasteiger partial charge in [0, 0.05) is 13.1 Å². The molecule has 1 saturated heterocycles. The van der Waals surface area contributed by atoms with Crippen LogP contribution in [0.4, 0.5) is 0 Å². The zero-order chi connectivity index (χ0) is 20.4.